The normalized spacial score (nSPS) is 25.0. The second kappa shape index (κ2) is 9.97. The molecule has 0 aliphatic carbocycles. The van der Waals surface area contributed by atoms with Crippen LogP contribution in [0, 0.1) is 11.8 Å². The fraction of sp³-hybridized carbons (Fsp3) is 0.600. The molecule has 0 bridgehead atoms. The Morgan fingerprint density at radius 3 is 2.64 bits per heavy atom. The molecule has 1 aromatic rings. The van der Waals surface area contributed by atoms with Crippen LogP contribution in [-0.4, -0.2) is 76.4 Å². The number of anilines is 1. The number of hydrazine groups is 1. The molecule has 3 atom stereocenters. The van der Waals surface area contributed by atoms with E-state index in [0.29, 0.717) is 39.4 Å². The number of nitrogens with one attached hydrogen (secondary N) is 2. The number of rotatable bonds is 9. The summed E-state index contributed by atoms with van der Waals surface area (Å²) in [6.45, 7) is 3.67. The first-order valence-corrected chi connectivity index (χ1v) is 9.79. The molecule has 1 aromatic carbocycles. The van der Waals surface area contributed by atoms with Crippen molar-refractivity contribution in [1.29, 1.82) is 0 Å². The lowest BCUT2D eigenvalue weighted by Gasteiger charge is -2.38. The third kappa shape index (κ3) is 4.70. The lowest BCUT2D eigenvalue weighted by atomic mass is 9.84. The van der Waals surface area contributed by atoms with Gasteiger partial charge in [-0.05, 0) is 18.6 Å². The zero-order valence-corrected chi connectivity index (χ0v) is 16.6. The number of hydrogen-bond donors (Lipinski definition) is 2. The van der Waals surface area contributed by atoms with Gasteiger partial charge in [0.15, 0.2) is 0 Å². The first kappa shape index (κ1) is 20.7. The van der Waals surface area contributed by atoms with Gasteiger partial charge in [-0.2, -0.15) is 0 Å². The summed E-state index contributed by atoms with van der Waals surface area (Å²) in [4.78, 5) is 28.1. The molecule has 0 radical (unpaired) electrons. The van der Waals surface area contributed by atoms with Crippen molar-refractivity contribution in [3.8, 4) is 0 Å². The number of carbonyl (C=O) groups excluding carboxylic acids is 2. The Labute approximate surface area is 166 Å². The summed E-state index contributed by atoms with van der Waals surface area (Å²) >= 11 is 0. The number of fused-ring (bicyclic) bond motifs is 1. The van der Waals surface area contributed by atoms with Gasteiger partial charge in [0.1, 0.15) is 0 Å². The molecule has 2 heterocycles. The van der Waals surface area contributed by atoms with Gasteiger partial charge >= 0.3 is 0 Å². The minimum Gasteiger partial charge on any atom is -0.385 e. The zero-order chi connectivity index (χ0) is 19.9. The van der Waals surface area contributed by atoms with Gasteiger partial charge in [-0.1, -0.05) is 18.2 Å². The molecule has 2 amide bonds. The van der Waals surface area contributed by atoms with Gasteiger partial charge in [-0.25, -0.2) is 10.4 Å². The Hall–Kier alpha value is -2.00. The van der Waals surface area contributed by atoms with Gasteiger partial charge in [0.25, 0.3) is 0 Å². The van der Waals surface area contributed by atoms with Crippen LogP contribution in [0.1, 0.15) is 6.42 Å². The predicted molar refractivity (Wildman–Crippen MR) is 106 cm³/mol. The van der Waals surface area contributed by atoms with E-state index in [1.165, 1.54) is 0 Å². The highest BCUT2D eigenvalue weighted by Crippen LogP contribution is 2.31. The molecule has 2 aliphatic rings. The predicted octanol–water partition coefficient (Wildman–Crippen LogP) is 0.254. The number of ether oxygens (including phenoxy) is 2. The van der Waals surface area contributed by atoms with E-state index in [4.69, 9.17) is 9.47 Å². The van der Waals surface area contributed by atoms with Crippen molar-refractivity contribution in [3.05, 3.63) is 30.3 Å². The Kier molecular flexibility index (Phi) is 7.38. The maximum atomic E-state index is 13.1. The van der Waals surface area contributed by atoms with Crippen LogP contribution in [0.4, 0.5) is 5.69 Å². The molecule has 2 saturated heterocycles. The Balaban J connectivity index is 1.74. The molecule has 2 fully saturated rings. The number of para-hydroxylation sites is 1. The topological polar surface area (TPSA) is 83.1 Å². The van der Waals surface area contributed by atoms with Crippen molar-refractivity contribution in [1.82, 2.24) is 15.6 Å². The quantitative estimate of drug-likeness (QED) is 0.589. The summed E-state index contributed by atoms with van der Waals surface area (Å²) in [6.07, 6.45) is 0.763. The van der Waals surface area contributed by atoms with Crippen molar-refractivity contribution in [2.24, 2.45) is 11.8 Å². The molecule has 154 valence electrons. The van der Waals surface area contributed by atoms with Crippen LogP contribution in [0.15, 0.2) is 30.3 Å². The average Bonchev–Trinajstić information content (AvgIpc) is 3.06. The van der Waals surface area contributed by atoms with Crippen LogP contribution in [0.2, 0.25) is 0 Å². The minimum absolute atomic E-state index is 0.00972. The minimum atomic E-state index is -0.309. The molecule has 0 aromatic heterocycles. The van der Waals surface area contributed by atoms with E-state index in [1.54, 1.807) is 19.2 Å². The fourth-order valence-electron chi connectivity index (χ4n) is 3.92. The van der Waals surface area contributed by atoms with Crippen molar-refractivity contribution in [3.63, 3.8) is 0 Å². The van der Waals surface area contributed by atoms with Crippen molar-refractivity contribution in [2.75, 3.05) is 58.6 Å². The van der Waals surface area contributed by atoms with Gasteiger partial charge < -0.3 is 14.8 Å². The van der Waals surface area contributed by atoms with Gasteiger partial charge in [-0.3, -0.25) is 14.5 Å². The molecule has 2 N–H and O–H groups in total. The summed E-state index contributed by atoms with van der Waals surface area (Å²) in [5.41, 5.74) is 4.10. The number of methoxy groups -OCH3 is 2. The number of likely N-dealkylation sites (tertiary alicyclic amines) is 1. The van der Waals surface area contributed by atoms with Crippen molar-refractivity contribution in [2.45, 2.75) is 12.5 Å². The monoisotopic (exact) mass is 390 g/mol. The Bertz CT molecular complexity index is 657. The lowest BCUT2D eigenvalue weighted by Crippen LogP contribution is -2.57. The van der Waals surface area contributed by atoms with Crippen LogP contribution in [-0.2, 0) is 19.1 Å². The Morgan fingerprint density at radius 1 is 1.18 bits per heavy atom. The van der Waals surface area contributed by atoms with Crippen LogP contribution in [0.25, 0.3) is 0 Å². The maximum absolute atomic E-state index is 13.1. The average molecular weight is 390 g/mol. The zero-order valence-electron chi connectivity index (χ0n) is 16.6. The van der Waals surface area contributed by atoms with E-state index >= 15 is 0 Å². The van der Waals surface area contributed by atoms with Gasteiger partial charge in [0.05, 0.1) is 30.2 Å². The molecule has 28 heavy (non-hydrogen) atoms. The van der Waals surface area contributed by atoms with Gasteiger partial charge in [-0.15, -0.1) is 0 Å². The third-order valence-corrected chi connectivity index (χ3v) is 5.38. The fourth-order valence-corrected chi connectivity index (χ4v) is 3.92. The van der Waals surface area contributed by atoms with E-state index in [-0.39, 0.29) is 29.7 Å². The second-order valence-corrected chi connectivity index (χ2v) is 7.27. The summed E-state index contributed by atoms with van der Waals surface area (Å²) in [7, 11) is 3.31. The summed E-state index contributed by atoms with van der Waals surface area (Å²) in [5.74, 6) is -0.588. The molecule has 0 saturated carbocycles. The van der Waals surface area contributed by atoms with Crippen molar-refractivity contribution < 1.29 is 19.1 Å². The first-order valence-electron chi connectivity index (χ1n) is 9.79. The second-order valence-electron chi connectivity index (χ2n) is 7.27. The molecule has 2 aliphatic heterocycles. The van der Waals surface area contributed by atoms with E-state index < -0.39 is 0 Å². The number of hydrogen-bond acceptors (Lipinski definition) is 6. The van der Waals surface area contributed by atoms with Crippen molar-refractivity contribution >= 4 is 17.5 Å². The molecule has 3 rings (SSSR count). The number of piperidine rings is 1. The lowest BCUT2D eigenvalue weighted by molar-refractivity contribution is -0.130. The summed E-state index contributed by atoms with van der Waals surface area (Å²) < 4.78 is 10.2. The first-order chi connectivity index (χ1) is 13.7. The molecule has 8 heteroatoms. The van der Waals surface area contributed by atoms with E-state index in [2.05, 4.69) is 15.6 Å². The van der Waals surface area contributed by atoms with Crippen LogP contribution >= 0.6 is 0 Å². The molecule has 8 nitrogen and oxygen atoms in total. The van der Waals surface area contributed by atoms with Gasteiger partial charge in [0.2, 0.25) is 11.8 Å². The van der Waals surface area contributed by atoms with E-state index in [9.17, 15) is 9.59 Å². The van der Waals surface area contributed by atoms with E-state index in [0.717, 1.165) is 12.1 Å². The third-order valence-electron chi connectivity index (χ3n) is 5.38. The number of amides is 2. The SMILES string of the molecule is COCCCNC(=O)C1CN(CCOC)CC2C(=O)N(c3ccccc3)NC12. The Morgan fingerprint density at radius 2 is 1.93 bits per heavy atom. The van der Waals surface area contributed by atoms with Gasteiger partial charge in [0, 0.05) is 47.0 Å². The number of carbonyl (C=O) groups is 2. The highest BCUT2D eigenvalue weighted by molar-refractivity contribution is 5.98. The van der Waals surface area contributed by atoms with Crippen LogP contribution in [0.3, 0.4) is 0 Å². The smallest absolute Gasteiger partial charge is 0.247 e. The molecule has 0 spiro atoms. The maximum Gasteiger partial charge on any atom is 0.247 e. The molecule has 3 unspecified atom stereocenters. The number of nitrogens with zero attached hydrogens (tertiary/aromatic N) is 2. The van der Waals surface area contributed by atoms with Crippen LogP contribution in [0.5, 0.6) is 0 Å². The van der Waals surface area contributed by atoms with E-state index in [1.807, 2.05) is 30.3 Å². The largest absolute Gasteiger partial charge is 0.385 e. The highest BCUT2D eigenvalue weighted by Gasteiger charge is 2.50. The summed E-state index contributed by atoms with van der Waals surface area (Å²) in [6, 6.07) is 9.29. The highest BCUT2D eigenvalue weighted by atomic mass is 16.5. The molecular weight excluding hydrogens is 360 g/mol. The van der Waals surface area contributed by atoms with Crippen LogP contribution < -0.4 is 15.8 Å². The molecular formula is C20H30N4O4. The summed E-state index contributed by atoms with van der Waals surface area (Å²) in [5, 5.41) is 4.60. The number of benzene rings is 1. The standard InChI is InChI=1S/C20H30N4O4/c1-27-11-6-9-21-19(25)16-13-23(10-12-28-2)14-17-18(16)22-24(20(17)26)15-7-4-3-5-8-15/h3-5,7-8,16-18,22H,6,9-14H2,1-2H3,(H,21,25).